The van der Waals surface area contributed by atoms with Crippen molar-refractivity contribution in [1.82, 2.24) is 10.2 Å². The van der Waals surface area contributed by atoms with Gasteiger partial charge in [-0.05, 0) is 61.3 Å². The average molecular weight is 524 g/mol. The maximum absolute atomic E-state index is 13.4. The fraction of sp³-hybridized carbons (Fsp3) is 0.391. The van der Waals surface area contributed by atoms with Crippen molar-refractivity contribution in [3.63, 3.8) is 0 Å². The number of para-hydroxylation sites is 1. The number of nitrogens with zero attached hydrogens (tertiary/aromatic N) is 2. The van der Waals surface area contributed by atoms with Crippen LogP contribution >= 0.6 is 15.9 Å². The van der Waals surface area contributed by atoms with Crippen molar-refractivity contribution >= 4 is 43.5 Å². The highest BCUT2D eigenvalue weighted by molar-refractivity contribution is 9.10. The molecule has 32 heavy (non-hydrogen) atoms. The second-order valence-electron chi connectivity index (χ2n) is 8.64. The largest absolute Gasteiger partial charge is 0.350 e. The molecule has 174 valence electrons. The third-order valence-corrected chi connectivity index (χ3v) is 6.46. The van der Waals surface area contributed by atoms with Crippen LogP contribution in [0.5, 0.6) is 0 Å². The molecule has 2 rings (SSSR count). The van der Waals surface area contributed by atoms with Gasteiger partial charge in [-0.15, -0.1) is 0 Å². The van der Waals surface area contributed by atoms with Gasteiger partial charge in [-0.3, -0.25) is 13.9 Å². The standard InChI is InChI=1S/C23H30BrN3O4S/c1-17(22(29)25-23(2,3)4)26(15-18-11-7-6-8-12-18)21(28)16-27(32(5,30)31)20-14-10-9-13-19(20)24/h6-14,17H,15-16H2,1-5H3,(H,25,29)/t17-/m1/s1. The number of carbonyl (C=O) groups is 2. The summed E-state index contributed by atoms with van der Waals surface area (Å²) in [5.74, 6) is -0.792. The Hall–Kier alpha value is -2.39. The lowest BCUT2D eigenvalue weighted by Crippen LogP contribution is -2.54. The highest BCUT2D eigenvalue weighted by Gasteiger charge is 2.31. The van der Waals surface area contributed by atoms with Gasteiger partial charge in [0.2, 0.25) is 21.8 Å². The maximum atomic E-state index is 13.4. The van der Waals surface area contributed by atoms with E-state index in [4.69, 9.17) is 0 Å². The molecule has 0 aliphatic carbocycles. The number of amides is 2. The minimum Gasteiger partial charge on any atom is -0.350 e. The molecule has 0 radical (unpaired) electrons. The molecule has 9 heteroatoms. The molecule has 2 amide bonds. The van der Waals surface area contributed by atoms with Crippen LogP contribution in [-0.2, 0) is 26.2 Å². The predicted octanol–water partition coefficient (Wildman–Crippen LogP) is 3.55. The van der Waals surface area contributed by atoms with Crippen molar-refractivity contribution in [2.24, 2.45) is 0 Å². The van der Waals surface area contributed by atoms with Crippen LogP contribution in [0.15, 0.2) is 59.1 Å². The number of halogens is 1. The zero-order valence-corrected chi connectivity index (χ0v) is 21.4. The zero-order chi connectivity index (χ0) is 24.1. The van der Waals surface area contributed by atoms with Crippen LogP contribution in [-0.4, -0.2) is 49.5 Å². The second-order valence-corrected chi connectivity index (χ2v) is 11.4. The van der Waals surface area contributed by atoms with E-state index in [0.29, 0.717) is 10.2 Å². The summed E-state index contributed by atoms with van der Waals surface area (Å²) in [6.07, 6.45) is 1.05. The number of hydrogen-bond acceptors (Lipinski definition) is 4. The minimum absolute atomic E-state index is 0.173. The summed E-state index contributed by atoms with van der Waals surface area (Å²) >= 11 is 3.36. The Balaban J connectivity index is 2.39. The molecule has 1 atom stereocenters. The number of benzene rings is 2. The first kappa shape index (κ1) is 25.9. The van der Waals surface area contributed by atoms with Gasteiger partial charge in [0.05, 0.1) is 11.9 Å². The van der Waals surface area contributed by atoms with Gasteiger partial charge < -0.3 is 10.2 Å². The van der Waals surface area contributed by atoms with Gasteiger partial charge in [0.1, 0.15) is 12.6 Å². The Bertz CT molecular complexity index is 1050. The van der Waals surface area contributed by atoms with E-state index in [-0.39, 0.29) is 12.5 Å². The lowest BCUT2D eigenvalue weighted by Gasteiger charge is -2.33. The van der Waals surface area contributed by atoms with Crippen LogP contribution in [0.4, 0.5) is 5.69 Å². The number of rotatable bonds is 8. The normalized spacial score (nSPS) is 12.7. The topological polar surface area (TPSA) is 86.8 Å². The molecular weight excluding hydrogens is 494 g/mol. The maximum Gasteiger partial charge on any atom is 0.244 e. The average Bonchev–Trinajstić information content (AvgIpc) is 2.69. The van der Waals surface area contributed by atoms with Crippen molar-refractivity contribution in [3.05, 3.63) is 64.6 Å². The molecule has 0 saturated carbocycles. The van der Waals surface area contributed by atoms with E-state index < -0.39 is 34.1 Å². The quantitative estimate of drug-likeness (QED) is 0.573. The second kappa shape index (κ2) is 10.5. The van der Waals surface area contributed by atoms with E-state index in [0.717, 1.165) is 16.1 Å². The van der Waals surface area contributed by atoms with Crippen LogP contribution < -0.4 is 9.62 Å². The summed E-state index contributed by atoms with van der Waals surface area (Å²) in [4.78, 5) is 27.7. The van der Waals surface area contributed by atoms with Crippen LogP contribution in [0.3, 0.4) is 0 Å². The number of carbonyl (C=O) groups excluding carboxylic acids is 2. The highest BCUT2D eigenvalue weighted by atomic mass is 79.9. The molecule has 0 spiro atoms. The third-order valence-electron chi connectivity index (χ3n) is 4.66. The zero-order valence-electron chi connectivity index (χ0n) is 19.0. The monoisotopic (exact) mass is 523 g/mol. The first-order valence-corrected chi connectivity index (χ1v) is 12.8. The molecule has 2 aromatic rings. The first-order chi connectivity index (χ1) is 14.8. The summed E-state index contributed by atoms with van der Waals surface area (Å²) in [7, 11) is -3.76. The fourth-order valence-corrected chi connectivity index (χ4v) is 4.56. The Morgan fingerprint density at radius 2 is 1.59 bits per heavy atom. The molecular formula is C23H30BrN3O4S. The van der Waals surface area contributed by atoms with Crippen molar-refractivity contribution in [3.8, 4) is 0 Å². The SMILES string of the molecule is C[C@H](C(=O)NC(C)(C)C)N(Cc1ccccc1)C(=O)CN(c1ccccc1Br)S(C)(=O)=O. The van der Waals surface area contributed by atoms with E-state index in [2.05, 4.69) is 21.2 Å². The molecule has 0 unspecified atom stereocenters. The van der Waals surface area contributed by atoms with Crippen molar-refractivity contribution in [1.29, 1.82) is 0 Å². The summed E-state index contributed by atoms with van der Waals surface area (Å²) in [5.41, 5.74) is 0.721. The Labute approximate surface area is 199 Å². The molecule has 0 heterocycles. The van der Waals surface area contributed by atoms with E-state index >= 15 is 0 Å². The number of nitrogens with one attached hydrogen (secondary N) is 1. The molecule has 0 saturated heterocycles. The summed E-state index contributed by atoms with van der Waals surface area (Å²) in [6, 6.07) is 15.3. The number of anilines is 1. The Morgan fingerprint density at radius 3 is 2.12 bits per heavy atom. The summed E-state index contributed by atoms with van der Waals surface area (Å²) in [6.45, 7) is 6.97. The van der Waals surface area contributed by atoms with Gasteiger partial charge in [-0.25, -0.2) is 8.42 Å². The molecule has 0 bridgehead atoms. The van der Waals surface area contributed by atoms with E-state index in [1.807, 2.05) is 51.1 Å². The predicted molar refractivity (Wildman–Crippen MR) is 131 cm³/mol. The molecule has 0 aromatic heterocycles. The van der Waals surface area contributed by atoms with Crippen molar-refractivity contribution < 1.29 is 18.0 Å². The molecule has 0 fully saturated rings. The molecule has 0 aliphatic rings. The molecule has 2 aromatic carbocycles. The van der Waals surface area contributed by atoms with Gasteiger partial charge >= 0.3 is 0 Å². The smallest absolute Gasteiger partial charge is 0.244 e. The van der Waals surface area contributed by atoms with Gasteiger partial charge in [-0.1, -0.05) is 42.5 Å². The van der Waals surface area contributed by atoms with E-state index in [9.17, 15) is 18.0 Å². The highest BCUT2D eigenvalue weighted by Crippen LogP contribution is 2.28. The fourth-order valence-electron chi connectivity index (χ4n) is 3.09. The lowest BCUT2D eigenvalue weighted by atomic mass is 10.1. The Kier molecular flexibility index (Phi) is 8.47. The first-order valence-electron chi connectivity index (χ1n) is 10.2. The van der Waals surface area contributed by atoms with E-state index in [1.54, 1.807) is 31.2 Å². The number of sulfonamides is 1. The summed E-state index contributed by atoms with van der Waals surface area (Å²) in [5, 5.41) is 2.89. The molecule has 0 aliphatic heterocycles. The van der Waals surface area contributed by atoms with Crippen LogP contribution in [0.25, 0.3) is 0 Å². The molecule has 7 nitrogen and oxygen atoms in total. The van der Waals surface area contributed by atoms with Gasteiger partial charge in [-0.2, -0.15) is 0 Å². The third kappa shape index (κ3) is 7.34. The number of hydrogen-bond donors (Lipinski definition) is 1. The Morgan fingerprint density at radius 1 is 1.03 bits per heavy atom. The minimum atomic E-state index is -3.76. The van der Waals surface area contributed by atoms with Crippen LogP contribution in [0, 0.1) is 0 Å². The van der Waals surface area contributed by atoms with E-state index in [1.165, 1.54) is 4.90 Å². The van der Waals surface area contributed by atoms with Gasteiger partial charge in [0.25, 0.3) is 0 Å². The molecule has 1 N–H and O–H groups in total. The van der Waals surface area contributed by atoms with Gasteiger partial charge in [0, 0.05) is 16.6 Å². The van der Waals surface area contributed by atoms with Crippen molar-refractivity contribution in [2.45, 2.75) is 45.8 Å². The van der Waals surface area contributed by atoms with Crippen LogP contribution in [0.2, 0.25) is 0 Å². The van der Waals surface area contributed by atoms with Crippen molar-refractivity contribution in [2.75, 3.05) is 17.1 Å². The van der Waals surface area contributed by atoms with Crippen LogP contribution in [0.1, 0.15) is 33.3 Å². The van der Waals surface area contributed by atoms with Gasteiger partial charge in [0.15, 0.2) is 0 Å². The lowest BCUT2D eigenvalue weighted by molar-refractivity contribution is -0.140. The summed E-state index contributed by atoms with van der Waals surface area (Å²) < 4.78 is 26.7.